The van der Waals surface area contributed by atoms with Gasteiger partial charge in [-0.25, -0.2) is 0 Å². The molecule has 0 radical (unpaired) electrons. The Balaban J connectivity index is 2.31. The predicted molar refractivity (Wildman–Crippen MR) is 80.9 cm³/mol. The van der Waals surface area contributed by atoms with E-state index in [2.05, 4.69) is 43.3 Å². The fraction of sp³-hybridized carbons (Fsp3) is 0.222. The summed E-state index contributed by atoms with van der Waals surface area (Å²) in [7, 11) is 0. The molecular formula is C18H18O. The first-order valence-electron chi connectivity index (χ1n) is 6.75. The van der Waals surface area contributed by atoms with Crippen molar-refractivity contribution in [3.05, 3.63) is 65.3 Å². The average Bonchev–Trinajstić information content (AvgIpc) is 2.83. The van der Waals surface area contributed by atoms with Crippen LogP contribution in [0.3, 0.4) is 0 Å². The molecule has 1 heteroatoms. The normalized spacial score (nSPS) is 16.4. The molecule has 1 aliphatic carbocycles. The lowest BCUT2D eigenvalue weighted by atomic mass is 9.90. The number of aliphatic hydroxyl groups is 1. The standard InChI is InChI=1S/C18H18O/c1-12-6-5-9-15(12)17-11-10-14-7-3-4-8-16(14)18(17)13(2)19/h3-8,10-11,13,19H,9H2,1-2H3. The van der Waals surface area contributed by atoms with Gasteiger partial charge in [0.1, 0.15) is 0 Å². The first-order chi connectivity index (χ1) is 9.18. The molecule has 2 aromatic carbocycles. The molecule has 1 nitrogen and oxygen atoms in total. The minimum atomic E-state index is -0.456. The molecule has 1 atom stereocenters. The van der Waals surface area contributed by atoms with Crippen molar-refractivity contribution in [1.29, 1.82) is 0 Å². The topological polar surface area (TPSA) is 20.2 Å². The molecular weight excluding hydrogens is 232 g/mol. The third kappa shape index (κ3) is 2.00. The Kier molecular flexibility index (Phi) is 3.00. The summed E-state index contributed by atoms with van der Waals surface area (Å²) in [4.78, 5) is 0. The van der Waals surface area contributed by atoms with Crippen LogP contribution in [0.4, 0.5) is 0 Å². The van der Waals surface area contributed by atoms with Crippen molar-refractivity contribution in [2.45, 2.75) is 26.4 Å². The fourth-order valence-corrected chi connectivity index (χ4v) is 2.95. The lowest BCUT2D eigenvalue weighted by molar-refractivity contribution is 0.200. The van der Waals surface area contributed by atoms with Gasteiger partial charge in [0.2, 0.25) is 0 Å². The molecule has 0 saturated heterocycles. The number of fused-ring (bicyclic) bond motifs is 1. The monoisotopic (exact) mass is 250 g/mol. The van der Waals surface area contributed by atoms with Crippen molar-refractivity contribution < 1.29 is 5.11 Å². The molecule has 1 N–H and O–H groups in total. The summed E-state index contributed by atoms with van der Waals surface area (Å²) in [6, 6.07) is 12.6. The smallest absolute Gasteiger partial charge is 0.0773 e. The molecule has 0 saturated carbocycles. The average molecular weight is 250 g/mol. The largest absolute Gasteiger partial charge is 0.389 e. The third-order valence-electron chi connectivity index (χ3n) is 3.88. The van der Waals surface area contributed by atoms with Gasteiger partial charge in [-0.3, -0.25) is 0 Å². The van der Waals surface area contributed by atoms with E-state index < -0.39 is 6.10 Å². The fourth-order valence-electron chi connectivity index (χ4n) is 2.95. The van der Waals surface area contributed by atoms with E-state index >= 15 is 0 Å². The Bertz CT molecular complexity index is 690. The van der Waals surface area contributed by atoms with Crippen LogP contribution in [0.1, 0.15) is 37.5 Å². The number of hydrogen-bond donors (Lipinski definition) is 1. The Morgan fingerprint density at radius 3 is 2.58 bits per heavy atom. The number of aliphatic hydroxyl groups excluding tert-OH is 1. The Morgan fingerprint density at radius 1 is 1.11 bits per heavy atom. The van der Waals surface area contributed by atoms with Gasteiger partial charge in [0, 0.05) is 0 Å². The molecule has 0 spiro atoms. The van der Waals surface area contributed by atoms with Gasteiger partial charge in [-0.2, -0.15) is 0 Å². The van der Waals surface area contributed by atoms with Crippen molar-refractivity contribution in [1.82, 2.24) is 0 Å². The van der Waals surface area contributed by atoms with E-state index in [1.54, 1.807) is 0 Å². The second-order valence-corrected chi connectivity index (χ2v) is 5.19. The summed E-state index contributed by atoms with van der Waals surface area (Å²) in [6.07, 6.45) is 4.85. The van der Waals surface area contributed by atoms with Crippen LogP contribution >= 0.6 is 0 Å². The van der Waals surface area contributed by atoms with E-state index in [0.717, 1.165) is 17.4 Å². The van der Waals surface area contributed by atoms with Crippen molar-refractivity contribution in [2.75, 3.05) is 0 Å². The van der Waals surface area contributed by atoms with E-state index in [-0.39, 0.29) is 0 Å². The van der Waals surface area contributed by atoms with Gasteiger partial charge in [-0.15, -0.1) is 0 Å². The summed E-state index contributed by atoms with van der Waals surface area (Å²) in [5.74, 6) is 0. The molecule has 0 aromatic heterocycles. The molecule has 0 amide bonds. The first kappa shape index (κ1) is 12.2. The number of hydrogen-bond acceptors (Lipinski definition) is 1. The van der Waals surface area contributed by atoms with Crippen LogP contribution in [0, 0.1) is 0 Å². The van der Waals surface area contributed by atoms with Gasteiger partial charge in [-0.1, -0.05) is 48.6 Å². The van der Waals surface area contributed by atoms with Gasteiger partial charge in [0.15, 0.2) is 0 Å². The third-order valence-corrected chi connectivity index (χ3v) is 3.88. The minimum Gasteiger partial charge on any atom is -0.389 e. The van der Waals surface area contributed by atoms with Crippen LogP contribution < -0.4 is 0 Å². The highest BCUT2D eigenvalue weighted by molar-refractivity contribution is 5.92. The maximum absolute atomic E-state index is 10.2. The summed E-state index contributed by atoms with van der Waals surface area (Å²) in [6.45, 7) is 3.99. The number of allylic oxidation sites excluding steroid dienone is 4. The van der Waals surface area contributed by atoms with Crippen LogP contribution in [-0.2, 0) is 0 Å². The minimum absolute atomic E-state index is 0.456. The molecule has 3 rings (SSSR count). The molecule has 19 heavy (non-hydrogen) atoms. The maximum Gasteiger partial charge on any atom is 0.0773 e. The van der Waals surface area contributed by atoms with E-state index in [4.69, 9.17) is 0 Å². The molecule has 1 unspecified atom stereocenters. The van der Waals surface area contributed by atoms with Crippen molar-refractivity contribution in [2.24, 2.45) is 0 Å². The zero-order chi connectivity index (χ0) is 13.4. The van der Waals surface area contributed by atoms with Crippen LogP contribution in [0.2, 0.25) is 0 Å². The quantitative estimate of drug-likeness (QED) is 0.824. The van der Waals surface area contributed by atoms with Gasteiger partial charge in [0.25, 0.3) is 0 Å². The van der Waals surface area contributed by atoms with Gasteiger partial charge < -0.3 is 5.11 Å². The zero-order valence-electron chi connectivity index (χ0n) is 11.4. The summed E-state index contributed by atoms with van der Waals surface area (Å²) >= 11 is 0. The molecule has 0 heterocycles. The summed E-state index contributed by atoms with van der Waals surface area (Å²) < 4.78 is 0. The SMILES string of the molecule is CC1=C(c2ccc3ccccc3c2C(C)O)CC=C1. The van der Waals surface area contributed by atoms with Crippen LogP contribution in [-0.4, -0.2) is 5.11 Å². The van der Waals surface area contributed by atoms with Crippen LogP contribution in [0.25, 0.3) is 16.3 Å². The Morgan fingerprint density at radius 2 is 1.89 bits per heavy atom. The summed E-state index contributed by atoms with van der Waals surface area (Å²) in [5, 5.41) is 12.5. The molecule has 96 valence electrons. The van der Waals surface area contributed by atoms with Crippen LogP contribution in [0.5, 0.6) is 0 Å². The zero-order valence-corrected chi connectivity index (χ0v) is 11.4. The van der Waals surface area contributed by atoms with Crippen LogP contribution in [0.15, 0.2) is 54.1 Å². The highest BCUT2D eigenvalue weighted by Crippen LogP contribution is 2.37. The molecule has 1 aliphatic rings. The summed E-state index contributed by atoms with van der Waals surface area (Å²) in [5.41, 5.74) is 4.88. The van der Waals surface area contributed by atoms with Crippen molar-refractivity contribution in [3.63, 3.8) is 0 Å². The second kappa shape index (κ2) is 4.67. The Labute approximate surface area is 113 Å². The first-order valence-corrected chi connectivity index (χ1v) is 6.75. The van der Waals surface area contributed by atoms with E-state index in [1.165, 1.54) is 22.1 Å². The lowest BCUT2D eigenvalue weighted by Crippen LogP contribution is -2.00. The molecule has 2 aromatic rings. The van der Waals surface area contributed by atoms with Gasteiger partial charge in [0.05, 0.1) is 6.10 Å². The van der Waals surface area contributed by atoms with Gasteiger partial charge >= 0.3 is 0 Å². The lowest BCUT2D eigenvalue weighted by Gasteiger charge is -2.17. The predicted octanol–water partition coefficient (Wildman–Crippen LogP) is 4.63. The number of rotatable bonds is 2. The maximum atomic E-state index is 10.2. The highest BCUT2D eigenvalue weighted by Gasteiger charge is 2.17. The van der Waals surface area contributed by atoms with E-state index in [0.29, 0.717) is 0 Å². The Hall–Kier alpha value is -1.86. The second-order valence-electron chi connectivity index (χ2n) is 5.19. The highest BCUT2D eigenvalue weighted by atomic mass is 16.3. The molecule has 0 aliphatic heterocycles. The number of benzene rings is 2. The molecule has 0 bridgehead atoms. The van der Waals surface area contributed by atoms with Crippen molar-refractivity contribution >= 4 is 16.3 Å². The van der Waals surface area contributed by atoms with E-state index in [9.17, 15) is 5.11 Å². The van der Waals surface area contributed by atoms with Crippen molar-refractivity contribution in [3.8, 4) is 0 Å². The van der Waals surface area contributed by atoms with E-state index in [1.807, 2.05) is 19.1 Å². The van der Waals surface area contributed by atoms with Gasteiger partial charge in [-0.05, 0) is 53.3 Å². The molecule has 0 fully saturated rings.